The molecule has 0 bridgehead atoms. The van der Waals surface area contributed by atoms with E-state index in [4.69, 9.17) is 0 Å². The minimum absolute atomic E-state index is 1.01. The van der Waals surface area contributed by atoms with Crippen molar-refractivity contribution in [2.75, 3.05) is 10.6 Å². The van der Waals surface area contributed by atoms with Gasteiger partial charge in [0.05, 0.1) is 22.8 Å². The summed E-state index contributed by atoms with van der Waals surface area (Å²) >= 11 is 0. The lowest BCUT2D eigenvalue weighted by molar-refractivity contribution is 1.31. The zero-order valence-corrected chi connectivity index (χ0v) is 8.75. The van der Waals surface area contributed by atoms with Crippen molar-refractivity contribution in [1.29, 1.82) is 0 Å². The van der Waals surface area contributed by atoms with Crippen LogP contribution in [0.4, 0.5) is 11.4 Å². The van der Waals surface area contributed by atoms with Gasteiger partial charge < -0.3 is 10.6 Å². The lowest BCUT2D eigenvalue weighted by Crippen LogP contribution is -2.13. The number of benzene rings is 1. The summed E-state index contributed by atoms with van der Waals surface area (Å²) in [5.41, 5.74) is 4.23. The number of allylic oxidation sites excluding steroid dienone is 3. The summed E-state index contributed by atoms with van der Waals surface area (Å²) in [6.45, 7) is 5.79. The number of fused-ring (bicyclic) bond motifs is 1. The molecule has 2 rings (SSSR count). The molecule has 0 unspecified atom stereocenters. The highest BCUT2D eigenvalue weighted by molar-refractivity contribution is 5.77. The first kappa shape index (κ1) is 9.59. The van der Waals surface area contributed by atoms with Gasteiger partial charge >= 0.3 is 0 Å². The predicted octanol–water partition coefficient (Wildman–Crippen LogP) is 3.50. The number of hydrogen-bond acceptors (Lipinski definition) is 2. The van der Waals surface area contributed by atoms with Gasteiger partial charge in [-0.25, -0.2) is 0 Å². The number of hydrogen-bond donors (Lipinski definition) is 2. The lowest BCUT2D eigenvalue weighted by atomic mass is 10.1. The van der Waals surface area contributed by atoms with Crippen molar-refractivity contribution in [3.63, 3.8) is 0 Å². The molecule has 0 saturated carbocycles. The molecular formula is C13H14N2. The van der Waals surface area contributed by atoms with Gasteiger partial charge in [0.2, 0.25) is 0 Å². The van der Waals surface area contributed by atoms with Crippen molar-refractivity contribution < 1.29 is 0 Å². The van der Waals surface area contributed by atoms with E-state index in [9.17, 15) is 0 Å². The average molecular weight is 198 g/mol. The van der Waals surface area contributed by atoms with Crippen LogP contribution < -0.4 is 10.6 Å². The Labute approximate surface area is 90.0 Å². The van der Waals surface area contributed by atoms with Crippen LogP contribution in [0.5, 0.6) is 0 Å². The monoisotopic (exact) mass is 198 g/mol. The third-order valence-corrected chi connectivity index (χ3v) is 2.29. The van der Waals surface area contributed by atoms with Crippen molar-refractivity contribution in [2.45, 2.75) is 6.92 Å². The second-order valence-corrected chi connectivity index (χ2v) is 3.33. The Morgan fingerprint density at radius 1 is 1.07 bits per heavy atom. The number of rotatable bonds is 2. The highest BCUT2D eigenvalue weighted by atomic mass is 15.0. The standard InChI is InChI=1S/C13H14N2/c1-3-7-11-10(4-2)14-12-8-5-6-9-13(12)15-11/h3-9,14-15H,2H2,1H3/b7-3-. The molecule has 1 aliphatic rings. The number of nitrogens with one attached hydrogen (secondary N) is 2. The third kappa shape index (κ3) is 1.79. The second kappa shape index (κ2) is 4.05. The van der Waals surface area contributed by atoms with E-state index < -0.39 is 0 Å². The third-order valence-electron chi connectivity index (χ3n) is 2.29. The second-order valence-electron chi connectivity index (χ2n) is 3.33. The molecule has 1 aromatic rings. The van der Waals surface area contributed by atoms with Crippen LogP contribution in [-0.4, -0.2) is 0 Å². The molecule has 1 aliphatic heterocycles. The highest BCUT2D eigenvalue weighted by Gasteiger charge is 2.11. The molecule has 15 heavy (non-hydrogen) atoms. The van der Waals surface area contributed by atoms with Crippen LogP contribution >= 0.6 is 0 Å². The fourth-order valence-electron chi connectivity index (χ4n) is 1.59. The molecule has 0 aliphatic carbocycles. The molecule has 2 heteroatoms. The Hall–Kier alpha value is -1.96. The summed E-state index contributed by atoms with van der Waals surface area (Å²) in [4.78, 5) is 0. The Morgan fingerprint density at radius 2 is 1.67 bits per heavy atom. The molecule has 0 aromatic heterocycles. The minimum Gasteiger partial charge on any atom is -0.352 e. The molecule has 0 saturated heterocycles. The number of anilines is 2. The highest BCUT2D eigenvalue weighted by Crippen LogP contribution is 2.29. The van der Waals surface area contributed by atoms with E-state index in [0.717, 1.165) is 22.8 Å². The van der Waals surface area contributed by atoms with Crippen LogP contribution in [0.15, 0.2) is 60.5 Å². The maximum absolute atomic E-state index is 3.80. The van der Waals surface area contributed by atoms with E-state index in [1.807, 2.05) is 49.4 Å². The largest absolute Gasteiger partial charge is 0.352 e. The van der Waals surface area contributed by atoms with Crippen molar-refractivity contribution in [3.8, 4) is 0 Å². The quantitative estimate of drug-likeness (QED) is 0.760. The number of para-hydroxylation sites is 2. The van der Waals surface area contributed by atoms with Crippen molar-refractivity contribution in [1.82, 2.24) is 0 Å². The summed E-state index contributed by atoms with van der Waals surface area (Å²) in [5.74, 6) is 0. The van der Waals surface area contributed by atoms with Crippen molar-refractivity contribution in [2.24, 2.45) is 0 Å². The molecule has 0 amide bonds. The maximum atomic E-state index is 3.80. The normalized spacial score (nSPS) is 14.5. The van der Waals surface area contributed by atoms with E-state index >= 15 is 0 Å². The van der Waals surface area contributed by atoms with Crippen LogP contribution in [0.3, 0.4) is 0 Å². The SMILES string of the molecule is C=CC1=C(/C=C\C)Nc2ccccc2N1. The molecule has 2 nitrogen and oxygen atoms in total. The van der Waals surface area contributed by atoms with E-state index in [1.54, 1.807) is 0 Å². The Morgan fingerprint density at radius 3 is 2.20 bits per heavy atom. The molecule has 0 spiro atoms. The van der Waals surface area contributed by atoms with Crippen molar-refractivity contribution >= 4 is 11.4 Å². The molecule has 0 radical (unpaired) electrons. The molecule has 1 heterocycles. The molecule has 0 atom stereocenters. The van der Waals surface area contributed by atoms with E-state index in [1.165, 1.54) is 0 Å². The van der Waals surface area contributed by atoms with Gasteiger partial charge in [-0.1, -0.05) is 24.8 Å². The summed E-state index contributed by atoms with van der Waals surface area (Å²) in [5, 5.41) is 6.69. The fraction of sp³-hybridized carbons (Fsp3) is 0.0769. The van der Waals surface area contributed by atoms with Crippen LogP contribution in [0.2, 0.25) is 0 Å². The van der Waals surface area contributed by atoms with Crippen LogP contribution in [0.25, 0.3) is 0 Å². The van der Waals surface area contributed by atoms with E-state index in [-0.39, 0.29) is 0 Å². The van der Waals surface area contributed by atoms with Gasteiger partial charge in [0.1, 0.15) is 0 Å². The molecule has 2 N–H and O–H groups in total. The summed E-state index contributed by atoms with van der Waals surface area (Å²) in [6, 6.07) is 8.11. The first-order chi connectivity index (χ1) is 7.35. The Kier molecular flexibility index (Phi) is 2.59. The van der Waals surface area contributed by atoms with Crippen LogP contribution in [0.1, 0.15) is 6.92 Å². The first-order valence-electron chi connectivity index (χ1n) is 4.97. The predicted molar refractivity (Wildman–Crippen MR) is 65.7 cm³/mol. The van der Waals surface area contributed by atoms with Gasteiger partial charge in [0, 0.05) is 0 Å². The summed E-state index contributed by atoms with van der Waals surface area (Å²) in [7, 11) is 0. The van der Waals surface area contributed by atoms with Gasteiger partial charge in [-0.05, 0) is 31.2 Å². The van der Waals surface area contributed by atoms with E-state index in [0.29, 0.717) is 0 Å². The Balaban J connectivity index is 2.41. The van der Waals surface area contributed by atoms with Gasteiger partial charge in [-0.15, -0.1) is 0 Å². The smallest absolute Gasteiger partial charge is 0.0624 e. The van der Waals surface area contributed by atoms with Crippen LogP contribution in [-0.2, 0) is 0 Å². The topological polar surface area (TPSA) is 24.1 Å². The lowest BCUT2D eigenvalue weighted by Gasteiger charge is -2.22. The maximum Gasteiger partial charge on any atom is 0.0624 e. The molecule has 0 fully saturated rings. The summed E-state index contributed by atoms with van der Waals surface area (Å²) in [6.07, 6.45) is 5.85. The van der Waals surface area contributed by atoms with Crippen LogP contribution in [0, 0.1) is 0 Å². The molecule has 1 aromatic carbocycles. The van der Waals surface area contributed by atoms with Crippen molar-refractivity contribution in [3.05, 3.63) is 60.5 Å². The fourth-order valence-corrected chi connectivity index (χ4v) is 1.59. The zero-order chi connectivity index (χ0) is 10.7. The minimum atomic E-state index is 1.01. The van der Waals surface area contributed by atoms with Gasteiger partial charge in [-0.3, -0.25) is 0 Å². The molecular weight excluding hydrogens is 184 g/mol. The van der Waals surface area contributed by atoms with Gasteiger partial charge in [0.25, 0.3) is 0 Å². The van der Waals surface area contributed by atoms with E-state index in [2.05, 4.69) is 17.2 Å². The zero-order valence-electron chi connectivity index (χ0n) is 8.75. The van der Waals surface area contributed by atoms with Gasteiger partial charge in [0.15, 0.2) is 0 Å². The molecule has 76 valence electrons. The summed E-state index contributed by atoms with van der Waals surface area (Å²) < 4.78 is 0. The first-order valence-corrected chi connectivity index (χ1v) is 4.97. The average Bonchev–Trinajstić information content (AvgIpc) is 2.28. The Bertz CT molecular complexity index is 442. The van der Waals surface area contributed by atoms with Gasteiger partial charge in [-0.2, -0.15) is 0 Å².